The van der Waals surface area contributed by atoms with E-state index in [-0.39, 0.29) is 0 Å². The van der Waals surface area contributed by atoms with E-state index in [1.807, 2.05) is 6.07 Å². The van der Waals surface area contributed by atoms with Gasteiger partial charge in [-0.15, -0.1) is 0 Å². The summed E-state index contributed by atoms with van der Waals surface area (Å²) in [5, 5.41) is 9.55. The summed E-state index contributed by atoms with van der Waals surface area (Å²) in [6.07, 6.45) is 0.837. The molecular formula is C51H34N2O. The number of rotatable bonds is 5. The Hall–Kier alpha value is -6.97. The molecule has 9 aromatic carbocycles. The highest BCUT2D eigenvalue weighted by Crippen LogP contribution is 2.49. The molecule has 0 bridgehead atoms. The molecule has 54 heavy (non-hydrogen) atoms. The number of fused-ring (bicyclic) bond motifs is 7. The molecule has 0 fully saturated rings. The van der Waals surface area contributed by atoms with Gasteiger partial charge in [-0.3, -0.25) is 4.57 Å². The molecule has 0 aliphatic heterocycles. The highest BCUT2D eigenvalue weighted by molar-refractivity contribution is 6.27. The number of aryl methyl sites for hydroxylation is 1. The van der Waals surface area contributed by atoms with Crippen molar-refractivity contribution in [2.45, 2.75) is 13.3 Å². The first-order valence-corrected chi connectivity index (χ1v) is 18.7. The van der Waals surface area contributed by atoms with Crippen LogP contribution in [0.2, 0.25) is 0 Å². The van der Waals surface area contributed by atoms with Crippen molar-refractivity contribution >= 4 is 65.3 Å². The fourth-order valence-electron chi connectivity index (χ4n) is 8.83. The van der Waals surface area contributed by atoms with Crippen molar-refractivity contribution in [3.05, 3.63) is 182 Å². The Balaban J connectivity index is 1.27. The normalized spacial score (nSPS) is 11.9. The SMILES string of the molecule is CCc1nc2ccccc2n1-c1ccc(-c2c3ccccc3c(-c3cccc4oc5ccccc5c34)c3cc(-c4ccccc4)ccc23)c2ccccc12. The summed E-state index contributed by atoms with van der Waals surface area (Å²) in [7, 11) is 0. The van der Waals surface area contributed by atoms with Gasteiger partial charge in [-0.25, -0.2) is 4.98 Å². The molecular weight excluding hydrogens is 657 g/mol. The van der Waals surface area contributed by atoms with Crippen LogP contribution in [-0.4, -0.2) is 9.55 Å². The van der Waals surface area contributed by atoms with Crippen molar-refractivity contribution in [1.82, 2.24) is 9.55 Å². The second kappa shape index (κ2) is 12.0. The Kier molecular flexibility index (Phi) is 6.83. The average Bonchev–Trinajstić information content (AvgIpc) is 3.81. The van der Waals surface area contributed by atoms with Gasteiger partial charge in [-0.1, -0.05) is 146 Å². The lowest BCUT2D eigenvalue weighted by Crippen LogP contribution is -2.01. The van der Waals surface area contributed by atoms with Gasteiger partial charge in [0, 0.05) is 22.6 Å². The van der Waals surface area contributed by atoms with Crippen molar-refractivity contribution < 1.29 is 4.42 Å². The zero-order valence-corrected chi connectivity index (χ0v) is 29.8. The van der Waals surface area contributed by atoms with E-state index in [2.05, 4.69) is 181 Å². The van der Waals surface area contributed by atoms with Gasteiger partial charge < -0.3 is 4.42 Å². The Morgan fingerprint density at radius 3 is 1.93 bits per heavy atom. The maximum absolute atomic E-state index is 6.45. The second-order valence-electron chi connectivity index (χ2n) is 14.1. The highest BCUT2D eigenvalue weighted by Gasteiger charge is 2.23. The Morgan fingerprint density at radius 2 is 1.11 bits per heavy atom. The standard InChI is InChI=1S/C51H34N2O/c1-2-48-52-43-23-11-12-24-45(43)53(48)44-30-29-38(34-17-6-7-18-35(34)44)49-36-19-8-9-20-37(36)50(42-31-33(27-28-39(42)49)32-15-4-3-5-16-32)41-22-14-26-47-51(41)40-21-10-13-25-46(40)54-47/h3-31H,2H2,1H3. The summed E-state index contributed by atoms with van der Waals surface area (Å²) in [5.41, 5.74) is 12.3. The van der Waals surface area contributed by atoms with Crippen molar-refractivity contribution in [2.24, 2.45) is 0 Å². The molecule has 0 amide bonds. The van der Waals surface area contributed by atoms with Crippen LogP contribution in [0.15, 0.2) is 180 Å². The van der Waals surface area contributed by atoms with E-state index in [9.17, 15) is 0 Å². The molecule has 3 nitrogen and oxygen atoms in total. The molecule has 254 valence electrons. The molecule has 0 radical (unpaired) electrons. The molecule has 2 aromatic heterocycles. The Bertz CT molecular complexity index is 3260. The summed E-state index contributed by atoms with van der Waals surface area (Å²) in [6, 6.07) is 63.5. The Labute approximate surface area is 312 Å². The van der Waals surface area contributed by atoms with Gasteiger partial charge in [0.2, 0.25) is 0 Å². The first-order valence-electron chi connectivity index (χ1n) is 18.7. The maximum Gasteiger partial charge on any atom is 0.136 e. The van der Waals surface area contributed by atoms with Crippen molar-refractivity contribution in [3.8, 4) is 39.1 Å². The molecule has 2 heterocycles. The van der Waals surface area contributed by atoms with Crippen molar-refractivity contribution in [3.63, 3.8) is 0 Å². The predicted octanol–water partition coefficient (Wildman–Crippen LogP) is 13.9. The van der Waals surface area contributed by atoms with E-state index < -0.39 is 0 Å². The van der Waals surface area contributed by atoms with E-state index in [1.165, 1.54) is 65.7 Å². The largest absolute Gasteiger partial charge is 0.456 e. The number of imidazole rings is 1. The molecule has 0 saturated carbocycles. The number of hydrogen-bond donors (Lipinski definition) is 0. The smallest absolute Gasteiger partial charge is 0.136 e. The molecule has 3 heteroatoms. The predicted molar refractivity (Wildman–Crippen MR) is 227 cm³/mol. The zero-order valence-electron chi connectivity index (χ0n) is 29.8. The van der Waals surface area contributed by atoms with Gasteiger partial charge in [0.15, 0.2) is 0 Å². The van der Waals surface area contributed by atoms with Gasteiger partial charge in [0.05, 0.1) is 16.7 Å². The van der Waals surface area contributed by atoms with Crippen molar-refractivity contribution in [1.29, 1.82) is 0 Å². The van der Waals surface area contributed by atoms with E-state index in [4.69, 9.17) is 9.40 Å². The third-order valence-electron chi connectivity index (χ3n) is 11.2. The van der Waals surface area contributed by atoms with Crippen LogP contribution in [-0.2, 0) is 6.42 Å². The number of para-hydroxylation sites is 3. The zero-order chi connectivity index (χ0) is 35.8. The minimum atomic E-state index is 0.837. The lowest BCUT2D eigenvalue weighted by Gasteiger charge is -2.21. The van der Waals surface area contributed by atoms with E-state index in [0.29, 0.717) is 0 Å². The van der Waals surface area contributed by atoms with Crippen LogP contribution in [0.5, 0.6) is 0 Å². The summed E-state index contributed by atoms with van der Waals surface area (Å²) in [6.45, 7) is 2.19. The molecule has 11 aromatic rings. The van der Waals surface area contributed by atoms with Crippen LogP contribution >= 0.6 is 0 Å². The van der Waals surface area contributed by atoms with Crippen molar-refractivity contribution in [2.75, 3.05) is 0 Å². The molecule has 0 unspecified atom stereocenters. The van der Waals surface area contributed by atoms with Gasteiger partial charge in [-0.2, -0.15) is 0 Å². The van der Waals surface area contributed by atoms with Crippen LogP contribution in [0, 0.1) is 0 Å². The quantitative estimate of drug-likeness (QED) is 0.168. The first-order chi connectivity index (χ1) is 26.8. The summed E-state index contributed by atoms with van der Waals surface area (Å²) in [5.74, 6) is 1.06. The molecule has 0 spiro atoms. The van der Waals surface area contributed by atoms with Crippen LogP contribution < -0.4 is 0 Å². The third kappa shape index (κ3) is 4.52. The Morgan fingerprint density at radius 1 is 0.463 bits per heavy atom. The fraction of sp³-hybridized carbons (Fsp3) is 0.0392. The highest BCUT2D eigenvalue weighted by atomic mass is 16.3. The number of benzene rings is 9. The van der Waals surface area contributed by atoms with Crippen LogP contribution in [0.1, 0.15) is 12.7 Å². The van der Waals surface area contributed by atoms with E-state index in [1.54, 1.807) is 0 Å². The van der Waals surface area contributed by atoms with Gasteiger partial charge in [0.1, 0.15) is 17.0 Å². The topological polar surface area (TPSA) is 31.0 Å². The maximum atomic E-state index is 6.45. The summed E-state index contributed by atoms with van der Waals surface area (Å²) in [4.78, 5) is 5.04. The fourth-order valence-corrected chi connectivity index (χ4v) is 8.83. The number of nitrogens with zero attached hydrogens (tertiary/aromatic N) is 2. The van der Waals surface area contributed by atoms with Crippen LogP contribution in [0.4, 0.5) is 0 Å². The lowest BCUT2D eigenvalue weighted by molar-refractivity contribution is 0.669. The number of aromatic nitrogens is 2. The summed E-state index contributed by atoms with van der Waals surface area (Å²) < 4.78 is 8.80. The molecule has 0 saturated heterocycles. The molecule has 0 aliphatic carbocycles. The lowest BCUT2D eigenvalue weighted by atomic mass is 9.83. The molecule has 11 rings (SSSR count). The first kappa shape index (κ1) is 30.6. The molecule has 0 atom stereocenters. The van der Waals surface area contributed by atoms with E-state index in [0.717, 1.165) is 50.9 Å². The third-order valence-corrected chi connectivity index (χ3v) is 11.2. The van der Waals surface area contributed by atoms with Crippen LogP contribution in [0.25, 0.3) is 104 Å². The molecule has 0 N–H and O–H groups in total. The minimum Gasteiger partial charge on any atom is -0.456 e. The molecule has 0 aliphatic rings. The van der Waals surface area contributed by atoms with Gasteiger partial charge >= 0.3 is 0 Å². The monoisotopic (exact) mass is 690 g/mol. The number of furan rings is 1. The van der Waals surface area contributed by atoms with Gasteiger partial charge in [0.25, 0.3) is 0 Å². The minimum absolute atomic E-state index is 0.837. The average molecular weight is 691 g/mol. The van der Waals surface area contributed by atoms with Crippen LogP contribution in [0.3, 0.4) is 0 Å². The van der Waals surface area contributed by atoms with Gasteiger partial charge in [-0.05, 0) is 96.7 Å². The second-order valence-corrected chi connectivity index (χ2v) is 14.1. The van der Waals surface area contributed by atoms with E-state index >= 15 is 0 Å². The number of hydrogen-bond acceptors (Lipinski definition) is 2. The summed E-state index contributed by atoms with van der Waals surface area (Å²) >= 11 is 0.